The van der Waals surface area contributed by atoms with E-state index < -0.39 is 0 Å². The van der Waals surface area contributed by atoms with E-state index in [4.69, 9.17) is 0 Å². The summed E-state index contributed by atoms with van der Waals surface area (Å²) in [6, 6.07) is 15.9. The van der Waals surface area contributed by atoms with Gasteiger partial charge in [0.25, 0.3) is 0 Å². The van der Waals surface area contributed by atoms with Gasteiger partial charge in [-0.15, -0.1) is 11.3 Å². The molecule has 4 aromatic rings. The smallest absolute Gasteiger partial charge is 0.221 e. The minimum absolute atomic E-state index is 0.0854. The van der Waals surface area contributed by atoms with Gasteiger partial charge in [-0.05, 0) is 25.1 Å². The molecular formula is C22H21N5OS. The van der Waals surface area contributed by atoms with Gasteiger partial charge in [0.1, 0.15) is 0 Å². The highest BCUT2D eigenvalue weighted by Gasteiger charge is 2.06. The molecule has 2 aromatic carbocycles. The number of nitrogens with one attached hydrogen (secondary N) is 2. The van der Waals surface area contributed by atoms with E-state index in [0.717, 1.165) is 34.2 Å². The zero-order chi connectivity index (χ0) is 20.2. The lowest BCUT2D eigenvalue weighted by atomic mass is 10.1. The third kappa shape index (κ3) is 4.20. The van der Waals surface area contributed by atoms with Crippen LogP contribution in [0.2, 0.25) is 0 Å². The lowest BCUT2D eigenvalue weighted by Gasteiger charge is -2.02. The van der Waals surface area contributed by atoms with Crippen LogP contribution in [0.4, 0.5) is 10.8 Å². The first-order valence-electron chi connectivity index (χ1n) is 9.34. The molecule has 0 spiro atoms. The molecule has 0 radical (unpaired) electrons. The van der Waals surface area contributed by atoms with E-state index in [-0.39, 0.29) is 5.91 Å². The molecule has 2 aromatic heterocycles. The monoisotopic (exact) mass is 403 g/mol. The minimum Gasteiger partial charge on any atom is -0.347 e. The number of carbonyl (C=O) groups is 1. The van der Waals surface area contributed by atoms with Crippen LogP contribution in [0.15, 0.2) is 65.2 Å². The first kappa shape index (κ1) is 18.9. The molecule has 0 saturated heterocycles. The molecule has 1 amide bonds. The van der Waals surface area contributed by atoms with Gasteiger partial charge < -0.3 is 9.88 Å². The topological polar surface area (TPSA) is 71.3 Å². The third-order valence-electron chi connectivity index (χ3n) is 4.53. The van der Waals surface area contributed by atoms with Crippen LogP contribution in [0.5, 0.6) is 0 Å². The van der Waals surface area contributed by atoms with Crippen molar-refractivity contribution in [1.82, 2.24) is 9.55 Å². The number of amides is 1. The maximum atomic E-state index is 11.1. The largest absolute Gasteiger partial charge is 0.347 e. The lowest BCUT2D eigenvalue weighted by molar-refractivity contribution is -0.114. The molecule has 0 aliphatic carbocycles. The number of hydrogen-bond acceptors (Lipinski definition) is 5. The second-order valence-electron chi connectivity index (χ2n) is 6.55. The van der Waals surface area contributed by atoms with Crippen LogP contribution in [-0.2, 0) is 11.3 Å². The normalized spacial score (nSPS) is 11.2. The lowest BCUT2D eigenvalue weighted by Crippen LogP contribution is -2.05. The summed E-state index contributed by atoms with van der Waals surface area (Å²) >= 11 is 1.50. The van der Waals surface area contributed by atoms with E-state index in [2.05, 4.69) is 50.6 Å². The quantitative estimate of drug-likeness (QED) is 0.344. The molecule has 29 heavy (non-hydrogen) atoms. The van der Waals surface area contributed by atoms with Crippen molar-refractivity contribution in [3.05, 3.63) is 65.7 Å². The summed E-state index contributed by atoms with van der Waals surface area (Å²) in [5.74, 6) is -0.0854. The van der Waals surface area contributed by atoms with E-state index in [9.17, 15) is 4.79 Å². The molecule has 0 atom stereocenters. The fourth-order valence-electron chi connectivity index (χ4n) is 3.18. The van der Waals surface area contributed by atoms with Crippen LogP contribution >= 0.6 is 11.3 Å². The average molecular weight is 404 g/mol. The van der Waals surface area contributed by atoms with Gasteiger partial charge in [0.05, 0.1) is 11.9 Å². The molecule has 6 nitrogen and oxygen atoms in total. The zero-order valence-corrected chi connectivity index (χ0v) is 17.0. The standard InChI is InChI=1S/C22H21N5OS/c1-3-27-13-17(19-6-4-5-7-21(19)27)12-23-26-22-25-20(14-29-22)16-8-10-18(11-9-16)24-15(2)28/h4-14H,3H2,1-2H3,(H,24,28)(H,25,26)/b23-12-. The van der Waals surface area contributed by atoms with Crippen molar-refractivity contribution in [3.63, 3.8) is 0 Å². The van der Waals surface area contributed by atoms with Gasteiger partial charge in [-0.1, -0.05) is 30.3 Å². The summed E-state index contributed by atoms with van der Waals surface area (Å²) < 4.78 is 2.21. The third-order valence-corrected chi connectivity index (χ3v) is 5.28. The number of rotatable bonds is 6. The van der Waals surface area contributed by atoms with E-state index in [1.165, 1.54) is 29.2 Å². The van der Waals surface area contributed by atoms with Crippen LogP contribution in [0, 0.1) is 0 Å². The van der Waals surface area contributed by atoms with Crippen molar-refractivity contribution < 1.29 is 4.79 Å². The van der Waals surface area contributed by atoms with Crippen LogP contribution in [0.1, 0.15) is 19.4 Å². The predicted molar refractivity (Wildman–Crippen MR) is 121 cm³/mol. The predicted octanol–water partition coefficient (Wildman–Crippen LogP) is 5.19. The van der Waals surface area contributed by atoms with Crippen LogP contribution in [0.3, 0.4) is 0 Å². The summed E-state index contributed by atoms with van der Waals surface area (Å²) in [7, 11) is 0. The molecule has 4 rings (SSSR count). The van der Waals surface area contributed by atoms with Crippen molar-refractivity contribution in [3.8, 4) is 11.3 Å². The molecule has 2 heterocycles. The van der Waals surface area contributed by atoms with Crippen molar-refractivity contribution in [2.24, 2.45) is 5.10 Å². The van der Waals surface area contributed by atoms with E-state index in [1.807, 2.05) is 48.0 Å². The SMILES string of the molecule is CCn1cc(/C=N\Nc2nc(-c3ccc(NC(C)=O)cc3)cs2)c2ccccc21. The Hall–Kier alpha value is -3.45. The number of benzene rings is 2. The van der Waals surface area contributed by atoms with Crippen molar-refractivity contribution >= 4 is 45.2 Å². The summed E-state index contributed by atoms with van der Waals surface area (Å²) in [6.07, 6.45) is 3.94. The second-order valence-corrected chi connectivity index (χ2v) is 7.41. The summed E-state index contributed by atoms with van der Waals surface area (Å²) in [6.45, 7) is 4.54. The molecule has 0 aliphatic rings. The Morgan fingerprint density at radius 3 is 2.76 bits per heavy atom. The van der Waals surface area contributed by atoms with Gasteiger partial charge in [-0.2, -0.15) is 5.10 Å². The number of hydrazone groups is 1. The number of hydrogen-bond donors (Lipinski definition) is 2. The summed E-state index contributed by atoms with van der Waals surface area (Å²) in [4.78, 5) is 15.7. The van der Waals surface area contributed by atoms with Crippen molar-refractivity contribution in [2.45, 2.75) is 20.4 Å². The van der Waals surface area contributed by atoms with E-state index in [0.29, 0.717) is 0 Å². The van der Waals surface area contributed by atoms with Crippen LogP contribution < -0.4 is 10.7 Å². The van der Waals surface area contributed by atoms with Crippen LogP contribution in [-0.4, -0.2) is 21.7 Å². The Bertz CT molecular complexity index is 1170. The highest BCUT2D eigenvalue weighted by molar-refractivity contribution is 7.14. The van der Waals surface area contributed by atoms with E-state index in [1.54, 1.807) is 0 Å². The number of anilines is 2. The molecule has 2 N–H and O–H groups in total. The van der Waals surface area contributed by atoms with Gasteiger partial charge in [-0.3, -0.25) is 10.2 Å². The van der Waals surface area contributed by atoms with Gasteiger partial charge in [0, 0.05) is 52.8 Å². The van der Waals surface area contributed by atoms with E-state index >= 15 is 0 Å². The summed E-state index contributed by atoms with van der Waals surface area (Å²) in [5, 5.41) is 11.0. The Morgan fingerprint density at radius 2 is 2.00 bits per heavy atom. The second kappa shape index (κ2) is 8.28. The highest BCUT2D eigenvalue weighted by atomic mass is 32.1. The number of para-hydroxylation sites is 1. The maximum absolute atomic E-state index is 11.1. The fraction of sp³-hybridized carbons (Fsp3) is 0.136. The molecular weight excluding hydrogens is 382 g/mol. The molecule has 146 valence electrons. The molecule has 0 bridgehead atoms. The number of thiazole rings is 1. The molecule has 0 unspecified atom stereocenters. The Labute approximate surface area is 172 Å². The van der Waals surface area contributed by atoms with Gasteiger partial charge in [0.2, 0.25) is 11.0 Å². The number of carbonyl (C=O) groups excluding carboxylic acids is 1. The average Bonchev–Trinajstić information content (AvgIpc) is 3.33. The number of fused-ring (bicyclic) bond motifs is 1. The Balaban J connectivity index is 1.47. The van der Waals surface area contributed by atoms with Crippen molar-refractivity contribution in [1.29, 1.82) is 0 Å². The Morgan fingerprint density at radius 1 is 1.21 bits per heavy atom. The Kier molecular flexibility index (Phi) is 5.39. The van der Waals surface area contributed by atoms with Crippen LogP contribution in [0.25, 0.3) is 22.2 Å². The molecule has 0 saturated carbocycles. The first-order valence-corrected chi connectivity index (χ1v) is 10.2. The van der Waals surface area contributed by atoms with Gasteiger partial charge in [-0.25, -0.2) is 4.98 Å². The highest BCUT2D eigenvalue weighted by Crippen LogP contribution is 2.26. The van der Waals surface area contributed by atoms with Gasteiger partial charge in [0.15, 0.2) is 0 Å². The fourth-order valence-corrected chi connectivity index (χ4v) is 3.85. The number of nitrogens with zero attached hydrogens (tertiary/aromatic N) is 3. The van der Waals surface area contributed by atoms with Gasteiger partial charge >= 0.3 is 0 Å². The molecule has 7 heteroatoms. The maximum Gasteiger partial charge on any atom is 0.221 e. The number of aromatic nitrogens is 2. The molecule has 0 aliphatic heterocycles. The van der Waals surface area contributed by atoms with Crippen molar-refractivity contribution in [2.75, 3.05) is 10.7 Å². The summed E-state index contributed by atoms with van der Waals surface area (Å²) in [5.41, 5.74) is 7.92. The number of aryl methyl sites for hydroxylation is 1. The minimum atomic E-state index is -0.0854. The zero-order valence-electron chi connectivity index (χ0n) is 16.2. The molecule has 0 fully saturated rings. The first-order chi connectivity index (χ1) is 14.1.